The van der Waals surface area contributed by atoms with Gasteiger partial charge in [-0.25, -0.2) is 0 Å². The Morgan fingerprint density at radius 2 is 0.938 bits per heavy atom. The van der Waals surface area contributed by atoms with E-state index in [-0.39, 0.29) is 0 Å². The largest absolute Gasteiger partial charge is 0.411 e. The van der Waals surface area contributed by atoms with Crippen molar-refractivity contribution in [2.24, 2.45) is 10.3 Å². The standard InChI is InChI=1S/C12H16N2O2/c1-7-8(2)12(6-14-16)10(4)9(3)11(7)5-13-15/h5-6,15-16H,1-4H3/b13-5+,14-6+. The maximum atomic E-state index is 8.63. The Hall–Kier alpha value is -1.84. The third-order valence-electron chi connectivity index (χ3n) is 3.11. The van der Waals surface area contributed by atoms with Crippen LogP contribution in [0.15, 0.2) is 10.3 Å². The summed E-state index contributed by atoms with van der Waals surface area (Å²) in [5.74, 6) is 0. The summed E-state index contributed by atoms with van der Waals surface area (Å²) in [5.41, 5.74) is 5.92. The van der Waals surface area contributed by atoms with E-state index in [4.69, 9.17) is 10.4 Å². The van der Waals surface area contributed by atoms with Gasteiger partial charge in [0.2, 0.25) is 0 Å². The molecule has 86 valence electrons. The van der Waals surface area contributed by atoms with Gasteiger partial charge < -0.3 is 10.4 Å². The van der Waals surface area contributed by atoms with Gasteiger partial charge in [-0.3, -0.25) is 0 Å². The van der Waals surface area contributed by atoms with Gasteiger partial charge in [0.15, 0.2) is 0 Å². The molecule has 0 bridgehead atoms. The molecule has 0 aliphatic heterocycles. The molecular weight excluding hydrogens is 204 g/mol. The predicted octanol–water partition coefficient (Wildman–Crippen LogP) is 2.54. The lowest BCUT2D eigenvalue weighted by Gasteiger charge is -2.15. The van der Waals surface area contributed by atoms with Crippen LogP contribution in [-0.4, -0.2) is 22.8 Å². The van der Waals surface area contributed by atoms with Gasteiger partial charge in [0.05, 0.1) is 12.4 Å². The molecule has 0 unspecified atom stereocenters. The third kappa shape index (κ3) is 1.91. The molecule has 1 rings (SSSR count). The predicted molar refractivity (Wildman–Crippen MR) is 64.2 cm³/mol. The molecule has 4 nitrogen and oxygen atoms in total. The minimum atomic E-state index is 0.910. The van der Waals surface area contributed by atoms with E-state index in [2.05, 4.69) is 10.3 Å². The summed E-state index contributed by atoms with van der Waals surface area (Å²) < 4.78 is 0. The highest BCUT2D eigenvalue weighted by Gasteiger charge is 2.12. The third-order valence-corrected chi connectivity index (χ3v) is 3.11. The quantitative estimate of drug-likeness (QED) is 0.457. The number of benzene rings is 1. The lowest BCUT2D eigenvalue weighted by atomic mass is 9.90. The molecule has 16 heavy (non-hydrogen) atoms. The number of hydrogen-bond donors (Lipinski definition) is 2. The number of hydrogen-bond acceptors (Lipinski definition) is 4. The second-order valence-corrected chi connectivity index (χ2v) is 3.82. The molecule has 0 spiro atoms. The van der Waals surface area contributed by atoms with Crippen LogP contribution in [0, 0.1) is 27.7 Å². The van der Waals surface area contributed by atoms with E-state index in [1.54, 1.807) is 0 Å². The normalized spacial score (nSPS) is 11.8. The van der Waals surface area contributed by atoms with Crippen molar-refractivity contribution in [3.05, 3.63) is 33.4 Å². The van der Waals surface area contributed by atoms with E-state index in [1.807, 2.05) is 27.7 Å². The Kier molecular flexibility index (Phi) is 3.66. The Bertz CT molecular complexity index is 391. The van der Waals surface area contributed by atoms with Crippen LogP contribution in [0.2, 0.25) is 0 Å². The Morgan fingerprint density at radius 3 is 1.12 bits per heavy atom. The Balaban J connectivity index is 3.62. The second kappa shape index (κ2) is 4.79. The highest BCUT2D eigenvalue weighted by molar-refractivity contribution is 5.91. The molecule has 0 heterocycles. The number of rotatable bonds is 2. The zero-order chi connectivity index (χ0) is 12.3. The first kappa shape index (κ1) is 12.2. The lowest BCUT2D eigenvalue weighted by molar-refractivity contribution is 0.321. The van der Waals surface area contributed by atoms with Crippen molar-refractivity contribution in [3.63, 3.8) is 0 Å². The van der Waals surface area contributed by atoms with Gasteiger partial charge in [-0.2, -0.15) is 0 Å². The smallest absolute Gasteiger partial charge is 0.0739 e. The molecular formula is C12H16N2O2. The molecule has 0 atom stereocenters. The highest BCUT2D eigenvalue weighted by Crippen LogP contribution is 2.24. The molecule has 1 aromatic carbocycles. The Labute approximate surface area is 94.9 Å². The summed E-state index contributed by atoms with van der Waals surface area (Å²) >= 11 is 0. The minimum absolute atomic E-state index is 0.910. The zero-order valence-corrected chi connectivity index (χ0v) is 9.94. The zero-order valence-electron chi connectivity index (χ0n) is 9.94. The molecule has 2 N–H and O–H groups in total. The lowest BCUT2D eigenvalue weighted by Crippen LogP contribution is -2.04. The molecule has 4 heteroatoms. The minimum Gasteiger partial charge on any atom is -0.411 e. The summed E-state index contributed by atoms with van der Waals surface area (Å²) in [6, 6.07) is 0. The first-order valence-electron chi connectivity index (χ1n) is 4.99. The molecule has 0 aliphatic carbocycles. The average Bonchev–Trinajstić information content (AvgIpc) is 2.28. The van der Waals surface area contributed by atoms with Crippen LogP contribution in [-0.2, 0) is 0 Å². The van der Waals surface area contributed by atoms with E-state index in [0.717, 1.165) is 33.4 Å². The van der Waals surface area contributed by atoms with E-state index >= 15 is 0 Å². The van der Waals surface area contributed by atoms with Crippen molar-refractivity contribution in [1.29, 1.82) is 0 Å². The fraction of sp³-hybridized carbons (Fsp3) is 0.333. The van der Waals surface area contributed by atoms with Gasteiger partial charge in [-0.05, 0) is 49.9 Å². The van der Waals surface area contributed by atoms with Crippen LogP contribution in [0.3, 0.4) is 0 Å². The van der Waals surface area contributed by atoms with Crippen molar-refractivity contribution >= 4 is 12.4 Å². The van der Waals surface area contributed by atoms with Crippen molar-refractivity contribution in [1.82, 2.24) is 0 Å². The summed E-state index contributed by atoms with van der Waals surface area (Å²) in [5, 5.41) is 23.4. The van der Waals surface area contributed by atoms with Crippen LogP contribution in [0.25, 0.3) is 0 Å². The van der Waals surface area contributed by atoms with Crippen molar-refractivity contribution in [2.45, 2.75) is 27.7 Å². The molecule has 0 amide bonds. The Morgan fingerprint density at radius 1 is 0.688 bits per heavy atom. The summed E-state index contributed by atoms with van der Waals surface area (Å²) in [7, 11) is 0. The van der Waals surface area contributed by atoms with Crippen LogP contribution >= 0.6 is 0 Å². The summed E-state index contributed by atoms with van der Waals surface area (Å²) in [6.07, 6.45) is 2.87. The molecule has 0 fully saturated rings. The molecule has 0 radical (unpaired) electrons. The SMILES string of the molecule is Cc1c(C)c(/C=N/O)c(C)c(C)c1/C=N/O. The van der Waals surface area contributed by atoms with Gasteiger partial charge >= 0.3 is 0 Å². The number of oxime groups is 2. The van der Waals surface area contributed by atoms with Gasteiger partial charge in [0.25, 0.3) is 0 Å². The van der Waals surface area contributed by atoms with E-state index in [9.17, 15) is 0 Å². The van der Waals surface area contributed by atoms with Crippen LogP contribution in [0.5, 0.6) is 0 Å². The second-order valence-electron chi connectivity index (χ2n) is 3.82. The van der Waals surface area contributed by atoms with Gasteiger partial charge in [0, 0.05) is 11.1 Å². The summed E-state index contributed by atoms with van der Waals surface area (Å²) in [4.78, 5) is 0. The van der Waals surface area contributed by atoms with Crippen molar-refractivity contribution in [2.75, 3.05) is 0 Å². The van der Waals surface area contributed by atoms with Gasteiger partial charge in [0.1, 0.15) is 0 Å². The highest BCUT2D eigenvalue weighted by atomic mass is 16.4. The fourth-order valence-electron chi connectivity index (χ4n) is 1.87. The molecule has 0 aromatic heterocycles. The maximum Gasteiger partial charge on any atom is 0.0739 e. The number of nitrogens with zero attached hydrogens (tertiary/aromatic N) is 2. The topological polar surface area (TPSA) is 65.2 Å². The molecule has 0 aliphatic rings. The van der Waals surface area contributed by atoms with Crippen molar-refractivity contribution in [3.8, 4) is 0 Å². The van der Waals surface area contributed by atoms with E-state index < -0.39 is 0 Å². The van der Waals surface area contributed by atoms with Crippen molar-refractivity contribution < 1.29 is 10.4 Å². The summed E-state index contributed by atoms with van der Waals surface area (Å²) in [6.45, 7) is 7.81. The van der Waals surface area contributed by atoms with Gasteiger partial charge in [-0.15, -0.1) is 0 Å². The van der Waals surface area contributed by atoms with E-state index in [0.29, 0.717) is 0 Å². The first-order valence-corrected chi connectivity index (χ1v) is 4.99. The van der Waals surface area contributed by atoms with Crippen LogP contribution in [0.1, 0.15) is 33.4 Å². The molecule has 0 saturated heterocycles. The first-order chi connectivity index (χ1) is 7.54. The molecule has 0 saturated carbocycles. The average molecular weight is 220 g/mol. The molecule has 1 aromatic rings. The maximum absolute atomic E-state index is 8.63. The van der Waals surface area contributed by atoms with Crippen LogP contribution in [0.4, 0.5) is 0 Å². The monoisotopic (exact) mass is 220 g/mol. The van der Waals surface area contributed by atoms with Crippen LogP contribution < -0.4 is 0 Å². The van der Waals surface area contributed by atoms with E-state index in [1.165, 1.54) is 12.4 Å². The van der Waals surface area contributed by atoms with Gasteiger partial charge in [-0.1, -0.05) is 10.3 Å². The fourth-order valence-corrected chi connectivity index (χ4v) is 1.87.